The third-order valence-electron chi connectivity index (χ3n) is 2.03. The summed E-state index contributed by atoms with van der Waals surface area (Å²) in [6.45, 7) is 0. The van der Waals surface area contributed by atoms with Crippen LogP contribution in [0.2, 0.25) is 0 Å². The van der Waals surface area contributed by atoms with E-state index in [0.29, 0.717) is 5.69 Å². The lowest BCUT2D eigenvalue weighted by Gasteiger charge is -2.02. The molecule has 0 N–H and O–H groups in total. The predicted octanol–water partition coefficient (Wildman–Crippen LogP) is 3.11. The van der Waals surface area contributed by atoms with Gasteiger partial charge in [0.05, 0.1) is 5.56 Å². The van der Waals surface area contributed by atoms with E-state index in [9.17, 15) is 5.21 Å². The topological polar surface area (TPSA) is 39.0 Å². The predicted molar refractivity (Wildman–Crippen MR) is 66.8 cm³/mol. The van der Waals surface area contributed by atoms with Gasteiger partial charge in [0.2, 0.25) is 5.69 Å². The molecule has 80 valence electrons. The van der Waals surface area contributed by atoms with Crippen molar-refractivity contribution in [2.75, 3.05) is 0 Å². The molecule has 0 bridgehead atoms. The Morgan fingerprint density at radius 2 is 1.94 bits per heavy atom. The maximum atomic E-state index is 11.7. The summed E-state index contributed by atoms with van der Waals surface area (Å²) in [4.78, 5) is 3.94. The zero-order chi connectivity index (χ0) is 11.4. The van der Waals surface area contributed by atoms with Crippen LogP contribution in [-0.2, 0) is 0 Å². The molecule has 0 radical (unpaired) electrons. The number of pyridine rings is 1. The Bertz CT molecular complexity index is 494. The van der Waals surface area contributed by atoms with E-state index in [1.165, 1.54) is 6.21 Å². The molecular formula is C12H9BrN2O. The number of nitrogens with zero attached hydrogens (tertiary/aromatic N) is 2. The number of halogens is 1. The molecule has 1 aromatic carbocycles. The Morgan fingerprint density at radius 1 is 1.19 bits per heavy atom. The van der Waals surface area contributed by atoms with Crippen LogP contribution in [0.3, 0.4) is 0 Å². The average molecular weight is 277 g/mol. The minimum atomic E-state index is 0.590. The van der Waals surface area contributed by atoms with E-state index in [1.54, 1.807) is 30.6 Å². The standard InChI is InChI=1S/C12H9BrN2O/c13-11-3-5-12(6-4-11)15(16)9-10-2-1-7-14-8-10/h1-9H. The molecule has 2 rings (SSSR count). The summed E-state index contributed by atoms with van der Waals surface area (Å²) in [5.41, 5.74) is 1.37. The van der Waals surface area contributed by atoms with Crippen molar-refractivity contribution in [3.05, 3.63) is 64.0 Å². The van der Waals surface area contributed by atoms with Crippen LogP contribution in [0.15, 0.2) is 53.3 Å². The Labute approximate surface area is 102 Å². The summed E-state index contributed by atoms with van der Waals surface area (Å²) in [5.74, 6) is 0. The van der Waals surface area contributed by atoms with Crippen LogP contribution >= 0.6 is 15.9 Å². The summed E-state index contributed by atoms with van der Waals surface area (Å²) in [5, 5.41) is 11.7. The summed E-state index contributed by atoms with van der Waals surface area (Å²) in [7, 11) is 0. The van der Waals surface area contributed by atoms with Gasteiger partial charge < -0.3 is 5.21 Å². The van der Waals surface area contributed by atoms with Crippen LogP contribution in [-0.4, -0.2) is 15.9 Å². The molecule has 0 atom stereocenters. The van der Waals surface area contributed by atoms with Gasteiger partial charge in [0, 0.05) is 29.0 Å². The highest BCUT2D eigenvalue weighted by molar-refractivity contribution is 9.10. The van der Waals surface area contributed by atoms with Crippen molar-refractivity contribution in [2.24, 2.45) is 0 Å². The quantitative estimate of drug-likeness (QED) is 0.366. The Kier molecular flexibility index (Phi) is 3.31. The molecule has 1 heterocycles. The van der Waals surface area contributed by atoms with E-state index >= 15 is 0 Å². The van der Waals surface area contributed by atoms with Gasteiger partial charge in [0.15, 0.2) is 6.21 Å². The van der Waals surface area contributed by atoms with Crippen molar-refractivity contribution in [1.29, 1.82) is 0 Å². The Balaban J connectivity index is 2.28. The van der Waals surface area contributed by atoms with Gasteiger partial charge in [-0.2, -0.15) is 4.74 Å². The fraction of sp³-hybridized carbons (Fsp3) is 0. The fourth-order valence-electron chi connectivity index (χ4n) is 1.25. The molecule has 16 heavy (non-hydrogen) atoms. The van der Waals surface area contributed by atoms with Gasteiger partial charge in [-0.3, -0.25) is 4.98 Å². The van der Waals surface area contributed by atoms with Crippen molar-refractivity contribution in [1.82, 2.24) is 4.98 Å². The highest BCUT2D eigenvalue weighted by Crippen LogP contribution is 2.16. The van der Waals surface area contributed by atoms with Crippen LogP contribution < -0.4 is 0 Å². The SMILES string of the molecule is [O-][N+](=Cc1cccnc1)c1ccc(Br)cc1. The molecular weight excluding hydrogens is 268 g/mol. The molecule has 0 amide bonds. The van der Waals surface area contributed by atoms with E-state index in [4.69, 9.17) is 0 Å². The van der Waals surface area contributed by atoms with Crippen LogP contribution in [0, 0.1) is 5.21 Å². The van der Waals surface area contributed by atoms with Gasteiger partial charge in [0.1, 0.15) is 0 Å². The largest absolute Gasteiger partial charge is 0.618 e. The molecule has 0 saturated carbocycles. The monoisotopic (exact) mass is 276 g/mol. The van der Waals surface area contributed by atoms with Gasteiger partial charge in [-0.25, -0.2) is 0 Å². The van der Waals surface area contributed by atoms with Gasteiger partial charge >= 0.3 is 0 Å². The second-order valence-electron chi connectivity index (χ2n) is 3.22. The van der Waals surface area contributed by atoms with E-state index in [1.807, 2.05) is 18.2 Å². The van der Waals surface area contributed by atoms with E-state index in [0.717, 1.165) is 14.8 Å². The van der Waals surface area contributed by atoms with Crippen LogP contribution in [0.4, 0.5) is 5.69 Å². The number of benzene rings is 1. The molecule has 0 unspecified atom stereocenters. The van der Waals surface area contributed by atoms with E-state index in [2.05, 4.69) is 20.9 Å². The van der Waals surface area contributed by atoms with Crippen molar-refractivity contribution in [3.8, 4) is 0 Å². The molecule has 3 nitrogen and oxygen atoms in total. The maximum Gasteiger partial charge on any atom is 0.216 e. The van der Waals surface area contributed by atoms with Crippen molar-refractivity contribution >= 4 is 27.8 Å². The number of aromatic nitrogens is 1. The molecule has 0 aliphatic rings. The highest BCUT2D eigenvalue weighted by atomic mass is 79.9. The Hall–Kier alpha value is -1.68. The normalized spacial score (nSPS) is 11.4. The van der Waals surface area contributed by atoms with Crippen LogP contribution in [0.5, 0.6) is 0 Å². The lowest BCUT2D eigenvalue weighted by molar-refractivity contribution is -0.354. The summed E-state index contributed by atoms with van der Waals surface area (Å²) < 4.78 is 1.77. The molecule has 0 spiro atoms. The molecule has 0 saturated heterocycles. The molecule has 0 aliphatic heterocycles. The maximum absolute atomic E-state index is 11.7. The highest BCUT2D eigenvalue weighted by Gasteiger charge is 2.00. The number of rotatable bonds is 2. The van der Waals surface area contributed by atoms with Gasteiger partial charge in [-0.15, -0.1) is 0 Å². The Morgan fingerprint density at radius 3 is 2.56 bits per heavy atom. The van der Waals surface area contributed by atoms with E-state index < -0.39 is 0 Å². The van der Waals surface area contributed by atoms with Crippen molar-refractivity contribution < 1.29 is 4.74 Å². The fourth-order valence-corrected chi connectivity index (χ4v) is 1.51. The van der Waals surface area contributed by atoms with Crippen LogP contribution in [0.25, 0.3) is 0 Å². The first kappa shape index (κ1) is 10.8. The molecule has 0 fully saturated rings. The second kappa shape index (κ2) is 4.90. The third-order valence-corrected chi connectivity index (χ3v) is 2.56. The molecule has 4 heteroatoms. The first-order chi connectivity index (χ1) is 7.75. The number of hydrogen-bond acceptors (Lipinski definition) is 2. The molecule has 1 aromatic heterocycles. The minimum absolute atomic E-state index is 0.590. The summed E-state index contributed by atoms with van der Waals surface area (Å²) in [6.07, 6.45) is 4.81. The van der Waals surface area contributed by atoms with Gasteiger partial charge in [0.25, 0.3) is 0 Å². The zero-order valence-electron chi connectivity index (χ0n) is 8.38. The molecule has 2 aromatic rings. The zero-order valence-corrected chi connectivity index (χ0v) is 9.96. The summed E-state index contributed by atoms with van der Waals surface area (Å²) in [6, 6.07) is 10.8. The number of hydrogen-bond donors (Lipinski definition) is 0. The third kappa shape index (κ3) is 2.67. The van der Waals surface area contributed by atoms with Gasteiger partial charge in [-0.05, 0) is 24.3 Å². The smallest absolute Gasteiger partial charge is 0.216 e. The van der Waals surface area contributed by atoms with Crippen molar-refractivity contribution in [3.63, 3.8) is 0 Å². The van der Waals surface area contributed by atoms with Crippen LogP contribution in [0.1, 0.15) is 5.56 Å². The summed E-state index contributed by atoms with van der Waals surface area (Å²) >= 11 is 3.32. The van der Waals surface area contributed by atoms with E-state index in [-0.39, 0.29) is 0 Å². The minimum Gasteiger partial charge on any atom is -0.618 e. The second-order valence-corrected chi connectivity index (χ2v) is 4.13. The lowest BCUT2D eigenvalue weighted by atomic mass is 10.3. The lowest BCUT2D eigenvalue weighted by Crippen LogP contribution is -1.98. The first-order valence-corrected chi connectivity index (χ1v) is 5.52. The molecule has 0 aliphatic carbocycles. The van der Waals surface area contributed by atoms with Gasteiger partial charge in [-0.1, -0.05) is 15.9 Å². The van der Waals surface area contributed by atoms with Crippen molar-refractivity contribution in [2.45, 2.75) is 0 Å². The average Bonchev–Trinajstić information content (AvgIpc) is 2.31. The first-order valence-electron chi connectivity index (χ1n) is 4.72.